The fourth-order valence-corrected chi connectivity index (χ4v) is 2.85. The molecule has 0 aliphatic heterocycles. The molecule has 0 saturated heterocycles. The topological polar surface area (TPSA) is 120 Å². The molecule has 2 aromatic carbocycles. The highest BCUT2D eigenvalue weighted by Gasteiger charge is 2.32. The summed E-state index contributed by atoms with van der Waals surface area (Å²) in [4.78, 5) is 25.1. The first-order valence-corrected chi connectivity index (χ1v) is 8.38. The van der Waals surface area contributed by atoms with E-state index in [4.69, 9.17) is 14.2 Å². The summed E-state index contributed by atoms with van der Waals surface area (Å²) < 4.78 is 16.0. The number of aromatic nitrogens is 2. The molecule has 0 spiro atoms. The third-order valence-electron chi connectivity index (χ3n) is 4.21. The molecule has 0 atom stereocenters. The first-order valence-electron chi connectivity index (χ1n) is 8.38. The molecule has 0 radical (unpaired) electrons. The summed E-state index contributed by atoms with van der Waals surface area (Å²) in [6, 6.07) is 11.0. The van der Waals surface area contributed by atoms with Crippen molar-refractivity contribution >= 4 is 11.9 Å². The van der Waals surface area contributed by atoms with Gasteiger partial charge in [-0.2, -0.15) is 5.10 Å². The molecule has 0 amide bonds. The number of carbonyl (C=O) groups is 2. The number of carbonyl (C=O) groups excluding carboxylic acids is 2. The van der Waals surface area contributed by atoms with Crippen LogP contribution in [0.25, 0.3) is 16.9 Å². The van der Waals surface area contributed by atoms with Gasteiger partial charge < -0.3 is 24.4 Å². The molecule has 29 heavy (non-hydrogen) atoms. The van der Waals surface area contributed by atoms with E-state index in [1.165, 1.54) is 25.0 Å². The van der Waals surface area contributed by atoms with Crippen LogP contribution in [0.1, 0.15) is 20.8 Å². The van der Waals surface area contributed by atoms with Crippen LogP contribution in [0.3, 0.4) is 0 Å². The number of hydrogen-bond donors (Lipinski definition) is 2. The molecule has 0 unspecified atom stereocenters. The largest absolute Gasteiger partial charge is 0.507 e. The molecular formula is C20H18N2O7. The summed E-state index contributed by atoms with van der Waals surface area (Å²) in [5, 5.41) is 24.6. The maximum Gasteiger partial charge on any atom is 0.357 e. The maximum atomic E-state index is 12.6. The van der Waals surface area contributed by atoms with E-state index >= 15 is 0 Å². The van der Waals surface area contributed by atoms with E-state index in [1.807, 2.05) is 0 Å². The Morgan fingerprint density at radius 1 is 0.931 bits per heavy atom. The lowest BCUT2D eigenvalue weighted by Gasteiger charge is -2.09. The summed E-state index contributed by atoms with van der Waals surface area (Å²) in [5.41, 5.74) is 0.115. The van der Waals surface area contributed by atoms with Crippen molar-refractivity contribution in [3.8, 4) is 34.2 Å². The zero-order valence-electron chi connectivity index (χ0n) is 15.9. The Hall–Kier alpha value is -4.01. The average molecular weight is 398 g/mol. The van der Waals surface area contributed by atoms with Crippen molar-refractivity contribution in [2.45, 2.75) is 0 Å². The molecule has 1 heterocycles. The Labute approximate surface area is 165 Å². The number of ether oxygens (including phenoxy) is 3. The second-order valence-corrected chi connectivity index (χ2v) is 5.84. The van der Waals surface area contributed by atoms with Gasteiger partial charge in [0.15, 0.2) is 17.2 Å². The molecule has 0 saturated carbocycles. The highest BCUT2D eigenvalue weighted by atomic mass is 16.5. The number of benzene rings is 2. The van der Waals surface area contributed by atoms with Crippen LogP contribution in [0.15, 0.2) is 42.5 Å². The molecule has 9 heteroatoms. The standard InChI is InChI=1S/C20H18N2O7/c1-27-15-9-12(13(23)10-14(15)24)17-16(19(25)28-2)18(20(26)29-3)22(21-17)11-7-5-4-6-8-11/h4-10,23-24H,1-3H3. The van der Waals surface area contributed by atoms with Gasteiger partial charge in [-0.3, -0.25) is 0 Å². The zero-order chi connectivity index (χ0) is 21.1. The highest BCUT2D eigenvalue weighted by Crippen LogP contribution is 2.40. The monoisotopic (exact) mass is 398 g/mol. The number of hydrogen-bond acceptors (Lipinski definition) is 8. The van der Waals surface area contributed by atoms with Crippen LogP contribution < -0.4 is 4.74 Å². The van der Waals surface area contributed by atoms with Crippen LogP contribution in [-0.4, -0.2) is 53.3 Å². The van der Waals surface area contributed by atoms with Gasteiger partial charge >= 0.3 is 11.9 Å². The van der Waals surface area contributed by atoms with E-state index in [0.717, 1.165) is 13.2 Å². The molecule has 3 aromatic rings. The van der Waals surface area contributed by atoms with E-state index in [9.17, 15) is 19.8 Å². The Balaban J connectivity index is 2.40. The Bertz CT molecular complexity index is 1070. The molecule has 1 aromatic heterocycles. The van der Waals surface area contributed by atoms with Gasteiger partial charge in [0.2, 0.25) is 0 Å². The Morgan fingerprint density at radius 3 is 2.17 bits per heavy atom. The molecule has 0 bridgehead atoms. The Morgan fingerprint density at radius 2 is 1.59 bits per heavy atom. The SMILES string of the molecule is COC(=O)c1c(-c2cc(OC)c(O)cc2O)nn(-c2ccccc2)c1C(=O)OC. The van der Waals surface area contributed by atoms with Crippen LogP contribution >= 0.6 is 0 Å². The lowest BCUT2D eigenvalue weighted by molar-refractivity contribution is 0.0549. The zero-order valence-corrected chi connectivity index (χ0v) is 15.9. The van der Waals surface area contributed by atoms with E-state index in [-0.39, 0.29) is 39.8 Å². The third kappa shape index (κ3) is 3.45. The molecular weight excluding hydrogens is 380 g/mol. The lowest BCUT2D eigenvalue weighted by Crippen LogP contribution is -2.15. The summed E-state index contributed by atoms with van der Waals surface area (Å²) in [7, 11) is 3.66. The molecule has 9 nitrogen and oxygen atoms in total. The average Bonchev–Trinajstić information content (AvgIpc) is 3.13. The molecule has 3 rings (SSSR count). The van der Waals surface area contributed by atoms with Crippen LogP contribution in [0.2, 0.25) is 0 Å². The van der Waals surface area contributed by atoms with Crippen molar-refractivity contribution in [2.75, 3.05) is 21.3 Å². The first-order chi connectivity index (χ1) is 13.9. The van der Waals surface area contributed by atoms with Crippen LogP contribution in [0.5, 0.6) is 17.2 Å². The normalized spacial score (nSPS) is 10.4. The predicted octanol–water partition coefficient (Wildman–Crippen LogP) is 2.53. The molecule has 150 valence electrons. The van der Waals surface area contributed by atoms with Gasteiger partial charge in [-0.05, 0) is 18.2 Å². The lowest BCUT2D eigenvalue weighted by atomic mass is 10.0. The number of methoxy groups -OCH3 is 3. The van der Waals surface area contributed by atoms with Crippen LogP contribution in [0.4, 0.5) is 0 Å². The second-order valence-electron chi connectivity index (χ2n) is 5.84. The van der Waals surface area contributed by atoms with Crippen LogP contribution in [-0.2, 0) is 9.47 Å². The third-order valence-corrected chi connectivity index (χ3v) is 4.21. The number of rotatable bonds is 5. The number of phenolic OH excluding ortho intramolecular Hbond substituents is 2. The van der Waals surface area contributed by atoms with Crippen molar-refractivity contribution in [3.63, 3.8) is 0 Å². The summed E-state index contributed by atoms with van der Waals surface area (Å²) >= 11 is 0. The number of nitrogens with zero attached hydrogens (tertiary/aromatic N) is 2. The Kier molecular flexibility index (Phi) is 5.40. The van der Waals surface area contributed by atoms with Gasteiger partial charge in [-0.1, -0.05) is 18.2 Å². The van der Waals surface area contributed by atoms with Gasteiger partial charge in [0.05, 0.1) is 27.0 Å². The van der Waals surface area contributed by atoms with Gasteiger partial charge in [0.1, 0.15) is 17.0 Å². The minimum atomic E-state index is -0.853. The minimum absolute atomic E-state index is 0.0440. The summed E-state index contributed by atoms with van der Waals surface area (Å²) in [6.07, 6.45) is 0. The number of aromatic hydroxyl groups is 2. The molecule has 2 N–H and O–H groups in total. The number of phenols is 2. The van der Waals surface area contributed by atoms with Crippen molar-refractivity contribution in [1.82, 2.24) is 9.78 Å². The minimum Gasteiger partial charge on any atom is -0.507 e. The predicted molar refractivity (Wildman–Crippen MR) is 102 cm³/mol. The number of esters is 2. The van der Waals surface area contributed by atoms with E-state index < -0.39 is 11.9 Å². The fourth-order valence-electron chi connectivity index (χ4n) is 2.85. The van der Waals surface area contributed by atoms with E-state index in [2.05, 4.69) is 5.10 Å². The van der Waals surface area contributed by atoms with Crippen LogP contribution in [0, 0.1) is 0 Å². The quantitative estimate of drug-likeness (QED) is 0.629. The van der Waals surface area contributed by atoms with Crippen molar-refractivity contribution < 1.29 is 34.0 Å². The molecule has 0 fully saturated rings. The molecule has 0 aliphatic carbocycles. The van der Waals surface area contributed by atoms with Gasteiger partial charge in [0.25, 0.3) is 0 Å². The van der Waals surface area contributed by atoms with Crippen molar-refractivity contribution in [3.05, 3.63) is 53.7 Å². The van der Waals surface area contributed by atoms with Crippen molar-refractivity contribution in [2.24, 2.45) is 0 Å². The van der Waals surface area contributed by atoms with E-state index in [0.29, 0.717) is 5.69 Å². The van der Waals surface area contributed by atoms with Gasteiger partial charge in [0, 0.05) is 11.6 Å². The summed E-state index contributed by atoms with van der Waals surface area (Å²) in [6.45, 7) is 0. The van der Waals surface area contributed by atoms with Gasteiger partial charge in [-0.25, -0.2) is 14.3 Å². The van der Waals surface area contributed by atoms with E-state index in [1.54, 1.807) is 30.3 Å². The highest BCUT2D eigenvalue weighted by molar-refractivity contribution is 6.07. The molecule has 0 aliphatic rings. The fraction of sp³-hybridized carbons (Fsp3) is 0.150. The smallest absolute Gasteiger partial charge is 0.357 e. The van der Waals surface area contributed by atoms with Crippen molar-refractivity contribution in [1.29, 1.82) is 0 Å². The van der Waals surface area contributed by atoms with Gasteiger partial charge in [-0.15, -0.1) is 0 Å². The maximum absolute atomic E-state index is 12.6. The summed E-state index contributed by atoms with van der Waals surface area (Å²) in [5.74, 6) is -2.30. The second kappa shape index (κ2) is 7.93. The first kappa shape index (κ1) is 19.7. The number of para-hydroxylation sites is 1.